The summed E-state index contributed by atoms with van der Waals surface area (Å²) in [6, 6.07) is 19.9. The summed E-state index contributed by atoms with van der Waals surface area (Å²) in [5.74, 6) is -0.568. The number of aromatic nitrogens is 1. The summed E-state index contributed by atoms with van der Waals surface area (Å²) in [4.78, 5) is 18.1. The lowest BCUT2D eigenvalue weighted by atomic mass is 10.1. The number of hydrogen-bond donors (Lipinski definition) is 1. The summed E-state index contributed by atoms with van der Waals surface area (Å²) in [5, 5.41) is 3.24. The predicted octanol–water partition coefficient (Wildman–Crippen LogP) is 5.96. The summed E-state index contributed by atoms with van der Waals surface area (Å²) < 4.78 is 38.0. The standard InChI is InChI=1S/C24H18BrFN2O3S2/c1-33(30,31)20-12-6-16(7-13-20)22-23(17-4-10-19(26)11-5-17)32-24(28-22)27-21(29)14-15-2-8-18(25)9-3-15/h2-13H,14H2,1H3,(H,27,28,29). The van der Waals surface area contributed by atoms with Gasteiger partial charge in [-0.25, -0.2) is 17.8 Å². The Morgan fingerprint density at radius 1 is 0.970 bits per heavy atom. The topological polar surface area (TPSA) is 76.1 Å². The van der Waals surface area contributed by atoms with Crippen molar-refractivity contribution in [1.82, 2.24) is 4.98 Å². The van der Waals surface area contributed by atoms with Crippen LogP contribution < -0.4 is 5.32 Å². The van der Waals surface area contributed by atoms with Crippen LogP contribution in [0.15, 0.2) is 82.2 Å². The van der Waals surface area contributed by atoms with E-state index in [0.29, 0.717) is 16.4 Å². The first-order chi connectivity index (χ1) is 15.7. The molecule has 0 bridgehead atoms. The number of nitrogens with one attached hydrogen (secondary N) is 1. The number of anilines is 1. The van der Waals surface area contributed by atoms with Crippen LogP contribution in [0.3, 0.4) is 0 Å². The van der Waals surface area contributed by atoms with Gasteiger partial charge in [-0.15, -0.1) is 0 Å². The molecule has 0 spiro atoms. The molecule has 0 aliphatic heterocycles. The molecular formula is C24H18BrFN2O3S2. The first kappa shape index (κ1) is 23.3. The number of amides is 1. The van der Waals surface area contributed by atoms with Crippen LogP contribution in [0, 0.1) is 5.82 Å². The molecule has 1 amide bonds. The van der Waals surface area contributed by atoms with E-state index in [2.05, 4.69) is 26.2 Å². The van der Waals surface area contributed by atoms with Gasteiger partial charge in [0.2, 0.25) is 5.91 Å². The smallest absolute Gasteiger partial charge is 0.230 e. The van der Waals surface area contributed by atoms with Crippen LogP contribution in [-0.4, -0.2) is 25.6 Å². The lowest BCUT2D eigenvalue weighted by Crippen LogP contribution is -2.14. The van der Waals surface area contributed by atoms with Gasteiger partial charge < -0.3 is 5.32 Å². The van der Waals surface area contributed by atoms with E-state index >= 15 is 0 Å². The van der Waals surface area contributed by atoms with E-state index in [1.54, 1.807) is 24.3 Å². The summed E-state index contributed by atoms with van der Waals surface area (Å²) in [6.07, 6.45) is 1.34. The van der Waals surface area contributed by atoms with Gasteiger partial charge in [-0.2, -0.15) is 0 Å². The molecule has 168 valence electrons. The van der Waals surface area contributed by atoms with Crippen molar-refractivity contribution in [2.45, 2.75) is 11.3 Å². The van der Waals surface area contributed by atoms with E-state index < -0.39 is 9.84 Å². The Balaban J connectivity index is 1.67. The number of carbonyl (C=O) groups is 1. The minimum absolute atomic E-state index is 0.192. The monoisotopic (exact) mass is 544 g/mol. The van der Waals surface area contributed by atoms with Gasteiger partial charge >= 0.3 is 0 Å². The average Bonchev–Trinajstić information content (AvgIpc) is 3.19. The number of sulfone groups is 1. The molecule has 1 aromatic heterocycles. The Hall–Kier alpha value is -2.88. The van der Waals surface area contributed by atoms with E-state index in [9.17, 15) is 17.6 Å². The van der Waals surface area contributed by atoms with Gasteiger partial charge in [0.05, 0.1) is 21.9 Å². The number of thiazole rings is 1. The van der Waals surface area contributed by atoms with Crippen LogP contribution in [0.5, 0.6) is 0 Å². The van der Waals surface area contributed by atoms with Crippen molar-refractivity contribution in [2.24, 2.45) is 0 Å². The lowest BCUT2D eigenvalue weighted by molar-refractivity contribution is -0.115. The highest BCUT2D eigenvalue weighted by atomic mass is 79.9. The molecule has 4 rings (SSSR count). The second-order valence-electron chi connectivity index (χ2n) is 7.35. The minimum Gasteiger partial charge on any atom is -0.302 e. The van der Waals surface area contributed by atoms with Gasteiger partial charge in [-0.3, -0.25) is 4.79 Å². The third-order valence-electron chi connectivity index (χ3n) is 4.81. The largest absolute Gasteiger partial charge is 0.302 e. The Labute approximate surface area is 203 Å². The van der Waals surface area contributed by atoms with Crippen molar-refractivity contribution < 1.29 is 17.6 Å². The zero-order chi connectivity index (χ0) is 23.6. The molecule has 0 radical (unpaired) electrons. The van der Waals surface area contributed by atoms with Crippen LogP contribution >= 0.6 is 27.3 Å². The van der Waals surface area contributed by atoms with Gasteiger partial charge in [-0.1, -0.05) is 63.7 Å². The quantitative estimate of drug-likeness (QED) is 0.324. The van der Waals surface area contributed by atoms with E-state index in [1.807, 2.05) is 24.3 Å². The highest BCUT2D eigenvalue weighted by molar-refractivity contribution is 9.10. The van der Waals surface area contributed by atoms with Gasteiger partial charge in [-0.05, 0) is 47.5 Å². The Bertz CT molecular complexity index is 1400. The maximum atomic E-state index is 13.5. The number of hydrogen-bond acceptors (Lipinski definition) is 5. The van der Waals surface area contributed by atoms with Gasteiger partial charge in [0.25, 0.3) is 0 Å². The second-order valence-corrected chi connectivity index (χ2v) is 11.3. The third kappa shape index (κ3) is 5.73. The predicted molar refractivity (Wildman–Crippen MR) is 133 cm³/mol. The van der Waals surface area contributed by atoms with Crippen LogP contribution in [0.2, 0.25) is 0 Å². The molecule has 1 heterocycles. The molecule has 4 aromatic rings. The molecule has 5 nitrogen and oxygen atoms in total. The normalized spacial score (nSPS) is 11.4. The molecule has 0 aliphatic rings. The highest BCUT2D eigenvalue weighted by Crippen LogP contribution is 2.39. The first-order valence-electron chi connectivity index (χ1n) is 9.80. The maximum absolute atomic E-state index is 13.5. The fraction of sp³-hybridized carbons (Fsp3) is 0.0833. The minimum atomic E-state index is -3.33. The number of rotatable bonds is 6. The molecule has 1 N–H and O–H groups in total. The molecule has 0 saturated carbocycles. The van der Waals surface area contributed by atoms with Crippen molar-refractivity contribution >= 4 is 48.1 Å². The van der Waals surface area contributed by atoms with E-state index in [4.69, 9.17) is 0 Å². The van der Waals surface area contributed by atoms with Crippen molar-refractivity contribution in [1.29, 1.82) is 0 Å². The lowest BCUT2D eigenvalue weighted by Gasteiger charge is -2.04. The van der Waals surface area contributed by atoms with Gasteiger partial charge in [0, 0.05) is 16.3 Å². The fourth-order valence-corrected chi connectivity index (χ4v) is 5.08. The summed E-state index contributed by atoms with van der Waals surface area (Å²) in [6.45, 7) is 0. The van der Waals surface area contributed by atoms with Crippen LogP contribution in [-0.2, 0) is 21.1 Å². The van der Waals surface area contributed by atoms with E-state index in [0.717, 1.165) is 26.7 Å². The Kier molecular flexibility index (Phi) is 6.73. The van der Waals surface area contributed by atoms with Gasteiger partial charge in [0.15, 0.2) is 15.0 Å². The molecular weight excluding hydrogens is 527 g/mol. The molecule has 0 fully saturated rings. The van der Waals surface area contributed by atoms with Crippen LogP contribution in [0.1, 0.15) is 5.56 Å². The fourth-order valence-electron chi connectivity index (χ4n) is 3.18. The number of carbonyl (C=O) groups excluding carboxylic acids is 1. The maximum Gasteiger partial charge on any atom is 0.230 e. The van der Waals surface area contributed by atoms with Crippen LogP contribution in [0.4, 0.5) is 9.52 Å². The highest BCUT2D eigenvalue weighted by Gasteiger charge is 2.18. The molecule has 0 saturated heterocycles. The molecule has 0 unspecified atom stereocenters. The van der Waals surface area contributed by atoms with E-state index in [1.165, 1.54) is 35.6 Å². The molecule has 0 atom stereocenters. The third-order valence-corrected chi connectivity index (χ3v) is 7.49. The molecule has 9 heteroatoms. The number of halogens is 2. The van der Waals surface area contributed by atoms with Crippen molar-refractivity contribution in [2.75, 3.05) is 11.6 Å². The SMILES string of the molecule is CS(=O)(=O)c1ccc(-c2nc(NC(=O)Cc3ccc(Br)cc3)sc2-c2ccc(F)cc2)cc1. The number of benzene rings is 3. The van der Waals surface area contributed by atoms with Crippen molar-refractivity contribution in [3.05, 3.63) is 88.6 Å². The van der Waals surface area contributed by atoms with E-state index in [-0.39, 0.29) is 23.0 Å². The second kappa shape index (κ2) is 9.54. The first-order valence-corrected chi connectivity index (χ1v) is 13.3. The zero-order valence-electron chi connectivity index (χ0n) is 17.4. The van der Waals surface area contributed by atoms with Gasteiger partial charge in [0.1, 0.15) is 5.82 Å². The zero-order valence-corrected chi connectivity index (χ0v) is 20.6. The summed E-state index contributed by atoms with van der Waals surface area (Å²) >= 11 is 4.65. The summed E-state index contributed by atoms with van der Waals surface area (Å²) in [7, 11) is -3.33. The Morgan fingerprint density at radius 2 is 1.58 bits per heavy atom. The molecule has 3 aromatic carbocycles. The van der Waals surface area contributed by atoms with Crippen LogP contribution in [0.25, 0.3) is 21.7 Å². The summed E-state index contributed by atoms with van der Waals surface area (Å²) in [5.41, 5.74) is 2.86. The molecule has 0 aliphatic carbocycles. The molecule has 33 heavy (non-hydrogen) atoms. The average molecular weight is 545 g/mol. The Morgan fingerprint density at radius 3 is 2.18 bits per heavy atom. The van der Waals surface area contributed by atoms with Crippen molar-refractivity contribution in [3.8, 4) is 21.7 Å². The number of nitrogens with zero attached hydrogens (tertiary/aromatic N) is 1. The van der Waals surface area contributed by atoms with Crippen molar-refractivity contribution in [3.63, 3.8) is 0 Å².